The van der Waals surface area contributed by atoms with Crippen molar-refractivity contribution in [3.8, 4) is 0 Å². The molecule has 0 radical (unpaired) electrons. The second-order valence-corrected chi connectivity index (χ2v) is 5.43. The molecule has 0 aliphatic rings. The summed E-state index contributed by atoms with van der Waals surface area (Å²) in [5.41, 5.74) is 7.87. The van der Waals surface area contributed by atoms with Crippen LogP contribution in [-0.4, -0.2) is 30.3 Å². The van der Waals surface area contributed by atoms with Crippen molar-refractivity contribution in [1.29, 1.82) is 0 Å². The Morgan fingerprint density at radius 2 is 2.25 bits per heavy atom. The molecule has 0 spiro atoms. The summed E-state index contributed by atoms with van der Waals surface area (Å²) in [4.78, 5) is 11.8. The second-order valence-electron chi connectivity index (χ2n) is 4.58. The van der Waals surface area contributed by atoms with Crippen LogP contribution in [0.2, 0.25) is 0 Å². The molecule has 6 heteroatoms. The number of aliphatic hydroxyl groups is 1. The summed E-state index contributed by atoms with van der Waals surface area (Å²) >= 11 is 3.35. The molecular formula is C14H21BrN2O3. The van der Waals surface area contributed by atoms with Gasteiger partial charge in [-0.1, -0.05) is 6.92 Å². The number of carbonyl (C=O) groups excluding carboxylic acids is 1. The van der Waals surface area contributed by atoms with E-state index in [1.165, 1.54) is 0 Å². The van der Waals surface area contributed by atoms with Gasteiger partial charge in [-0.25, -0.2) is 4.79 Å². The predicted octanol–water partition coefficient (Wildman–Crippen LogP) is 2.07. The van der Waals surface area contributed by atoms with E-state index in [1.807, 2.05) is 0 Å². The number of esters is 1. The van der Waals surface area contributed by atoms with Gasteiger partial charge in [0.1, 0.15) is 6.61 Å². The Bertz CT molecular complexity index is 466. The maximum atomic E-state index is 11.8. The number of anilines is 1. The van der Waals surface area contributed by atoms with Crippen LogP contribution in [0.5, 0.6) is 0 Å². The van der Waals surface area contributed by atoms with Crippen molar-refractivity contribution in [3.63, 3.8) is 0 Å². The highest BCUT2D eigenvalue weighted by molar-refractivity contribution is 9.10. The molecule has 4 N–H and O–H groups in total. The number of rotatable bonds is 7. The molecule has 1 atom stereocenters. The molecule has 0 amide bonds. The molecule has 112 valence electrons. The molecule has 0 aliphatic heterocycles. The van der Waals surface area contributed by atoms with Crippen LogP contribution in [0, 0.1) is 0 Å². The third-order valence-corrected chi connectivity index (χ3v) is 3.68. The zero-order chi connectivity index (χ0) is 15.1. The first-order valence-electron chi connectivity index (χ1n) is 6.58. The average Bonchev–Trinajstić information content (AvgIpc) is 2.45. The molecule has 0 bridgehead atoms. The van der Waals surface area contributed by atoms with Crippen LogP contribution >= 0.6 is 15.9 Å². The minimum atomic E-state index is -0.468. The van der Waals surface area contributed by atoms with Gasteiger partial charge in [-0.2, -0.15) is 0 Å². The quantitative estimate of drug-likeness (QED) is 0.520. The molecule has 0 aromatic heterocycles. The molecule has 0 saturated carbocycles. The Morgan fingerprint density at radius 1 is 1.55 bits per heavy atom. The Hall–Kier alpha value is -1.11. The van der Waals surface area contributed by atoms with Gasteiger partial charge in [0.15, 0.2) is 0 Å². The SMILES string of the molecule is CCC(C)NCc1cc(C(=O)OCCO)cc(Br)c1N. The van der Waals surface area contributed by atoms with Crippen molar-refractivity contribution in [2.24, 2.45) is 0 Å². The van der Waals surface area contributed by atoms with Gasteiger partial charge >= 0.3 is 5.97 Å². The highest BCUT2D eigenvalue weighted by Crippen LogP contribution is 2.26. The normalized spacial score (nSPS) is 12.2. The third-order valence-electron chi connectivity index (χ3n) is 3.03. The number of benzene rings is 1. The van der Waals surface area contributed by atoms with Gasteiger partial charge < -0.3 is 20.9 Å². The lowest BCUT2D eigenvalue weighted by atomic mass is 10.1. The fourth-order valence-electron chi connectivity index (χ4n) is 1.59. The molecule has 1 aromatic carbocycles. The highest BCUT2D eigenvalue weighted by Gasteiger charge is 2.13. The number of nitrogens with two attached hydrogens (primary N) is 1. The second kappa shape index (κ2) is 8.24. The number of ether oxygens (including phenoxy) is 1. The molecule has 5 nitrogen and oxygen atoms in total. The number of halogens is 1. The van der Waals surface area contributed by atoms with Crippen LogP contribution < -0.4 is 11.1 Å². The van der Waals surface area contributed by atoms with E-state index in [2.05, 4.69) is 35.1 Å². The largest absolute Gasteiger partial charge is 0.460 e. The van der Waals surface area contributed by atoms with E-state index in [9.17, 15) is 4.79 Å². The van der Waals surface area contributed by atoms with Crippen molar-refractivity contribution in [2.45, 2.75) is 32.9 Å². The van der Waals surface area contributed by atoms with Gasteiger partial charge in [0.25, 0.3) is 0 Å². The summed E-state index contributed by atoms with van der Waals surface area (Å²) in [6.07, 6.45) is 1.01. The molecular weight excluding hydrogens is 324 g/mol. The summed E-state index contributed by atoms with van der Waals surface area (Å²) in [6, 6.07) is 3.72. The first kappa shape index (κ1) is 16.9. The number of hydrogen-bond acceptors (Lipinski definition) is 5. The molecule has 0 heterocycles. The topological polar surface area (TPSA) is 84.6 Å². The Labute approximate surface area is 127 Å². The van der Waals surface area contributed by atoms with E-state index in [4.69, 9.17) is 15.6 Å². The van der Waals surface area contributed by atoms with Crippen LogP contribution in [0.3, 0.4) is 0 Å². The zero-order valence-corrected chi connectivity index (χ0v) is 13.4. The Morgan fingerprint density at radius 3 is 2.85 bits per heavy atom. The zero-order valence-electron chi connectivity index (χ0n) is 11.8. The van der Waals surface area contributed by atoms with Gasteiger partial charge in [0.2, 0.25) is 0 Å². The Balaban J connectivity index is 2.88. The summed E-state index contributed by atoms with van der Waals surface area (Å²) < 4.78 is 5.57. The molecule has 1 aromatic rings. The lowest BCUT2D eigenvalue weighted by Gasteiger charge is -2.15. The van der Waals surface area contributed by atoms with Crippen LogP contribution in [0.4, 0.5) is 5.69 Å². The van der Waals surface area contributed by atoms with E-state index < -0.39 is 5.97 Å². The third kappa shape index (κ3) is 4.77. The maximum absolute atomic E-state index is 11.8. The standard InChI is InChI=1S/C14H21BrN2O3/c1-3-9(2)17-8-11-6-10(7-12(15)13(11)16)14(19)20-5-4-18/h6-7,9,17-18H,3-5,8,16H2,1-2H3. The van der Waals surface area contributed by atoms with Crippen molar-refractivity contribution >= 4 is 27.6 Å². The van der Waals surface area contributed by atoms with Crippen molar-refractivity contribution in [2.75, 3.05) is 18.9 Å². The van der Waals surface area contributed by atoms with Crippen molar-refractivity contribution < 1.29 is 14.6 Å². The lowest BCUT2D eigenvalue weighted by Crippen LogP contribution is -2.25. The van der Waals surface area contributed by atoms with Crippen molar-refractivity contribution in [3.05, 3.63) is 27.7 Å². The van der Waals surface area contributed by atoms with E-state index in [1.54, 1.807) is 12.1 Å². The summed E-state index contributed by atoms with van der Waals surface area (Å²) in [5, 5.41) is 12.0. The fourth-order valence-corrected chi connectivity index (χ4v) is 2.09. The molecule has 0 aliphatic carbocycles. The fraction of sp³-hybridized carbons (Fsp3) is 0.500. The van der Waals surface area contributed by atoms with Gasteiger partial charge in [0.05, 0.1) is 17.9 Å². The lowest BCUT2D eigenvalue weighted by molar-refractivity contribution is 0.0433. The number of carbonyl (C=O) groups is 1. The van der Waals surface area contributed by atoms with Crippen LogP contribution in [-0.2, 0) is 11.3 Å². The van der Waals surface area contributed by atoms with E-state index >= 15 is 0 Å². The number of nitrogens with one attached hydrogen (secondary N) is 1. The minimum Gasteiger partial charge on any atom is -0.460 e. The molecule has 20 heavy (non-hydrogen) atoms. The van der Waals surface area contributed by atoms with Crippen LogP contribution in [0.15, 0.2) is 16.6 Å². The first-order chi connectivity index (χ1) is 9.49. The number of nitrogen functional groups attached to an aromatic ring is 1. The van der Waals surface area contributed by atoms with Crippen molar-refractivity contribution in [1.82, 2.24) is 5.32 Å². The minimum absolute atomic E-state index is 0.0126. The Kier molecular flexibility index (Phi) is 6.98. The number of aliphatic hydroxyl groups excluding tert-OH is 1. The predicted molar refractivity (Wildman–Crippen MR) is 82.5 cm³/mol. The molecule has 0 fully saturated rings. The summed E-state index contributed by atoms with van der Waals surface area (Å²) in [7, 11) is 0. The van der Waals surface area contributed by atoms with Gasteiger partial charge in [-0.15, -0.1) is 0 Å². The van der Waals surface area contributed by atoms with Gasteiger partial charge in [-0.05, 0) is 47.0 Å². The average molecular weight is 345 g/mol. The smallest absolute Gasteiger partial charge is 0.338 e. The van der Waals surface area contributed by atoms with Gasteiger partial charge in [-0.3, -0.25) is 0 Å². The molecule has 1 rings (SSSR count). The molecule has 1 unspecified atom stereocenters. The summed E-state index contributed by atoms with van der Waals surface area (Å²) in [5.74, 6) is -0.468. The monoisotopic (exact) mass is 344 g/mol. The van der Waals surface area contributed by atoms with Crippen LogP contribution in [0.1, 0.15) is 36.2 Å². The van der Waals surface area contributed by atoms with E-state index in [0.717, 1.165) is 12.0 Å². The first-order valence-corrected chi connectivity index (χ1v) is 7.38. The highest BCUT2D eigenvalue weighted by atomic mass is 79.9. The van der Waals surface area contributed by atoms with Gasteiger partial charge in [0, 0.05) is 17.1 Å². The van der Waals surface area contributed by atoms with E-state index in [0.29, 0.717) is 28.3 Å². The van der Waals surface area contributed by atoms with Crippen LogP contribution in [0.25, 0.3) is 0 Å². The maximum Gasteiger partial charge on any atom is 0.338 e. The van der Waals surface area contributed by atoms with E-state index in [-0.39, 0.29) is 13.2 Å². The summed E-state index contributed by atoms with van der Waals surface area (Å²) in [6.45, 7) is 4.57. The number of hydrogen-bond donors (Lipinski definition) is 3. The molecule has 0 saturated heterocycles.